The molecule has 0 spiro atoms. The molecule has 8 nitrogen and oxygen atoms in total. The van der Waals surface area contributed by atoms with Crippen molar-refractivity contribution in [3.05, 3.63) is 48.2 Å². The second-order valence-electron chi connectivity index (χ2n) is 6.41. The predicted octanol–water partition coefficient (Wildman–Crippen LogP) is 2.88. The molecule has 0 aliphatic heterocycles. The Balaban J connectivity index is 1.72. The molecular formula is C19H21N5O3S. The Morgan fingerprint density at radius 1 is 1.21 bits per heavy atom. The van der Waals surface area contributed by atoms with Crippen molar-refractivity contribution in [1.29, 1.82) is 0 Å². The van der Waals surface area contributed by atoms with Crippen LogP contribution in [-0.4, -0.2) is 32.3 Å². The van der Waals surface area contributed by atoms with Crippen molar-refractivity contribution in [3.8, 4) is 11.6 Å². The van der Waals surface area contributed by atoms with Gasteiger partial charge in [0.2, 0.25) is 17.6 Å². The highest BCUT2D eigenvalue weighted by Gasteiger charge is 2.19. The minimum Gasteiger partial charge on any atom is -0.461 e. The maximum Gasteiger partial charge on any atom is 0.237 e. The van der Waals surface area contributed by atoms with Gasteiger partial charge in [0.15, 0.2) is 10.9 Å². The molecule has 0 saturated carbocycles. The fourth-order valence-corrected chi connectivity index (χ4v) is 3.45. The Kier molecular flexibility index (Phi) is 6.15. The lowest BCUT2D eigenvalue weighted by molar-refractivity contribution is -0.118. The first-order valence-corrected chi connectivity index (χ1v) is 9.71. The molecule has 0 radical (unpaired) electrons. The van der Waals surface area contributed by atoms with Crippen LogP contribution >= 0.6 is 11.8 Å². The van der Waals surface area contributed by atoms with Crippen LogP contribution in [-0.2, 0) is 16.1 Å². The van der Waals surface area contributed by atoms with E-state index in [1.807, 2.05) is 24.3 Å². The van der Waals surface area contributed by atoms with E-state index in [4.69, 9.17) is 10.2 Å². The summed E-state index contributed by atoms with van der Waals surface area (Å²) in [4.78, 5) is 23.9. The van der Waals surface area contributed by atoms with Gasteiger partial charge in [-0.2, -0.15) is 0 Å². The highest BCUT2D eigenvalue weighted by molar-refractivity contribution is 7.99. The smallest absolute Gasteiger partial charge is 0.237 e. The zero-order valence-electron chi connectivity index (χ0n) is 15.6. The Bertz CT molecular complexity index is 966. The number of nitrogens with two attached hydrogens (primary N) is 1. The molecule has 2 aromatic heterocycles. The summed E-state index contributed by atoms with van der Waals surface area (Å²) in [5, 5.41) is 11.5. The summed E-state index contributed by atoms with van der Waals surface area (Å²) in [6, 6.07) is 11.1. The molecule has 9 heteroatoms. The molecule has 2 amide bonds. The number of hydrogen-bond acceptors (Lipinski definition) is 6. The molecule has 3 N–H and O–H groups in total. The number of anilines is 1. The number of aromatic nitrogens is 3. The van der Waals surface area contributed by atoms with Crippen LogP contribution in [0.15, 0.2) is 52.2 Å². The maximum absolute atomic E-state index is 12.4. The monoisotopic (exact) mass is 399 g/mol. The summed E-state index contributed by atoms with van der Waals surface area (Å²) < 4.78 is 6.87. The highest BCUT2D eigenvalue weighted by Crippen LogP contribution is 2.26. The number of thioether (sulfide) groups is 1. The molecule has 3 aromatic rings. The van der Waals surface area contributed by atoms with E-state index in [-0.39, 0.29) is 18.2 Å². The van der Waals surface area contributed by atoms with Crippen LogP contribution in [0.1, 0.15) is 25.3 Å². The molecule has 2 heterocycles. The number of rotatable bonds is 8. The summed E-state index contributed by atoms with van der Waals surface area (Å²) in [5.74, 6) is 0.545. The van der Waals surface area contributed by atoms with Crippen molar-refractivity contribution < 1.29 is 14.0 Å². The quantitative estimate of drug-likeness (QED) is 0.563. The van der Waals surface area contributed by atoms with Crippen LogP contribution in [0.5, 0.6) is 0 Å². The number of amides is 2. The van der Waals surface area contributed by atoms with Crippen molar-refractivity contribution >= 4 is 29.3 Å². The number of hydrogen-bond donors (Lipinski definition) is 2. The first-order chi connectivity index (χ1) is 13.5. The van der Waals surface area contributed by atoms with Gasteiger partial charge in [0.25, 0.3) is 0 Å². The fourth-order valence-electron chi connectivity index (χ4n) is 2.71. The topological polar surface area (TPSA) is 116 Å². The Morgan fingerprint density at radius 3 is 2.68 bits per heavy atom. The molecule has 0 unspecified atom stereocenters. The third kappa shape index (κ3) is 4.61. The third-order valence-electron chi connectivity index (χ3n) is 3.96. The molecule has 0 aliphatic rings. The normalized spacial score (nSPS) is 11.0. The SMILES string of the molecule is CC(C)c1ccccc1NC(=O)CSc1nnc(-c2ccco2)n1CC(N)=O. The Morgan fingerprint density at radius 2 is 2.00 bits per heavy atom. The van der Waals surface area contributed by atoms with Gasteiger partial charge in [0.05, 0.1) is 12.0 Å². The van der Waals surface area contributed by atoms with Crippen molar-refractivity contribution in [2.24, 2.45) is 5.73 Å². The van der Waals surface area contributed by atoms with Crippen LogP contribution in [0.2, 0.25) is 0 Å². The van der Waals surface area contributed by atoms with Gasteiger partial charge < -0.3 is 15.5 Å². The second-order valence-corrected chi connectivity index (χ2v) is 7.36. The number of carbonyl (C=O) groups is 2. The van der Waals surface area contributed by atoms with Gasteiger partial charge in [0.1, 0.15) is 6.54 Å². The number of para-hydroxylation sites is 1. The van der Waals surface area contributed by atoms with E-state index in [2.05, 4.69) is 29.4 Å². The number of furan rings is 1. The van der Waals surface area contributed by atoms with E-state index in [1.54, 1.807) is 16.7 Å². The van der Waals surface area contributed by atoms with Gasteiger partial charge in [0, 0.05) is 5.69 Å². The van der Waals surface area contributed by atoms with Gasteiger partial charge >= 0.3 is 0 Å². The largest absolute Gasteiger partial charge is 0.461 e. The van der Waals surface area contributed by atoms with Crippen LogP contribution in [0.3, 0.4) is 0 Å². The zero-order chi connectivity index (χ0) is 20.1. The molecule has 0 atom stereocenters. The van der Waals surface area contributed by atoms with Crippen LogP contribution in [0.25, 0.3) is 11.6 Å². The number of nitrogens with one attached hydrogen (secondary N) is 1. The average molecular weight is 399 g/mol. The summed E-state index contributed by atoms with van der Waals surface area (Å²) in [6.45, 7) is 4.04. The molecule has 0 saturated heterocycles. The van der Waals surface area contributed by atoms with Crippen LogP contribution in [0.4, 0.5) is 5.69 Å². The zero-order valence-corrected chi connectivity index (χ0v) is 16.4. The van der Waals surface area contributed by atoms with Gasteiger partial charge in [-0.1, -0.05) is 43.8 Å². The standard InChI is InChI=1S/C19H21N5O3S/c1-12(2)13-6-3-4-7-14(13)21-17(26)11-28-19-23-22-18(15-8-5-9-27-15)24(19)10-16(20)25/h3-9,12H,10-11H2,1-2H3,(H2,20,25)(H,21,26). The van der Waals surface area contributed by atoms with Gasteiger partial charge in [-0.05, 0) is 29.7 Å². The lowest BCUT2D eigenvalue weighted by Crippen LogP contribution is -2.20. The van der Waals surface area contributed by atoms with Gasteiger partial charge in [-0.15, -0.1) is 10.2 Å². The summed E-state index contributed by atoms with van der Waals surface area (Å²) in [7, 11) is 0. The first-order valence-electron chi connectivity index (χ1n) is 8.72. The molecular weight excluding hydrogens is 378 g/mol. The highest BCUT2D eigenvalue weighted by atomic mass is 32.2. The van der Waals surface area contributed by atoms with Crippen LogP contribution < -0.4 is 11.1 Å². The van der Waals surface area contributed by atoms with E-state index in [1.165, 1.54) is 18.0 Å². The van der Waals surface area contributed by atoms with E-state index >= 15 is 0 Å². The lowest BCUT2D eigenvalue weighted by atomic mass is 10.0. The molecule has 0 bridgehead atoms. The third-order valence-corrected chi connectivity index (χ3v) is 4.93. The molecule has 3 rings (SSSR count). The van der Waals surface area contributed by atoms with Gasteiger partial charge in [-0.25, -0.2) is 0 Å². The minimum atomic E-state index is -0.537. The Labute approximate surface area is 166 Å². The Hall–Kier alpha value is -3.07. The fraction of sp³-hybridized carbons (Fsp3) is 0.263. The van der Waals surface area contributed by atoms with Crippen molar-refractivity contribution in [1.82, 2.24) is 14.8 Å². The first kappa shape index (κ1) is 19.7. The van der Waals surface area contributed by atoms with E-state index in [9.17, 15) is 9.59 Å². The molecule has 0 fully saturated rings. The van der Waals surface area contributed by atoms with Gasteiger partial charge in [-0.3, -0.25) is 14.2 Å². The number of primary amides is 1. The van der Waals surface area contributed by atoms with E-state index in [0.717, 1.165) is 11.3 Å². The predicted molar refractivity (Wildman–Crippen MR) is 107 cm³/mol. The lowest BCUT2D eigenvalue weighted by Gasteiger charge is -2.13. The number of nitrogens with zero attached hydrogens (tertiary/aromatic N) is 3. The van der Waals surface area contributed by atoms with Crippen molar-refractivity contribution in [3.63, 3.8) is 0 Å². The molecule has 1 aromatic carbocycles. The van der Waals surface area contributed by atoms with Crippen LogP contribution in [0, 0.1) is 0 Å². The van der Waals surface area contributed by atoms with Crippen molar-refractivity contribution in [2.45, 2.75) is 31.5 Å². The molecule has 28 heavy (non-hydrogen) atoms. The summed E-state index contributed by atoms with van der Waals surface area (Å²) >= 11 is 1.18. The van der Waals surface area contributed by atoms with E-state index in [0.29, 0.717) is 22.7 Å². The van der Waals surface area contributed by atoms with E-state index < -0.39 is 5.91 Å². The number of carbonyl (C=O) groups excluding carboxylic acids is 2. The second kappa shape index (κ2) is 8.75. The summed E-state index contributed by atoms with van der Waals surface area (Å²) in [5.41, 5.74) is 7.20. The average Bonchev–Trinajstić information content (AvgIpc) is 3.29. The molecule has 146 valence electrons. The maximum atomic E-state index is 12.4. The van der Waals surface area contributed by atoms with Crippen molar-refractivity contribution in [2.75, 3.05) is 11.1 Å². The minimum absolute atomic E-state index is 0.108. The number of benzene rings is 1. The summed E-state index contributed by atoms with van der Waals surface area (Å²) in [6.07, 6.45) is 1.51. The molecule has 0 aliphatic carbocycles.